The quantitative estimate of drug-likeness (QED) is 0.630. The summed E-state index contributed by atoms with van der Waals surface area (Å²) in [6.45, 7) is 9.63. The molecule has 1 heterocycles. The van der Waals surface area contributed by atoms with Crippen LogP contribution < -0.4 is 0 Å². The zero-order valence-electron chi connectivity index (χ0n) is 14.4. The molecule has 0 radical (unpaired) electrons. The van der Waals surface area contributed by atoms with Crippen LogP contribution in [-0.2, 0) is 0 Å². The fraction of sp³-hybridized carbons (Fsp3) is 1.00. The molecule has 2 rings (SSSR count). The number of hydrogen-bond donors (Lipinski definition) is 0. The Bertz CT molecular complexity index is 251. The molecule has 4 unspecified atom stereocenters. The SMILES string of the molecule is CCC1CC(CC)CC(N2C(CC)CCCC2CC)C1. The van der Waals surface area contributed by atoms with Crippen molar-refractivity contribution in [1.82, 2.24) is 4.90 Å². The van der Waals surface area contributed by atoms with Gasteiger partial charge in [-0.25, -0.2) is 0 Å². The highest BCUT2D eigenvalue weighted by atomic mass is 15.2. The number of nitrogens with zero attached hydrogens (tertiary/aromatic N) is 1. The zero-order valence-corrected chi connectivity index (χ0v) is 14.4. The van der Waals surface area contributed by atoms with Gasteiger partial charge in [0.25, 0.3) is 0 Å². The first-order valence-corrected chi connectivity index (χ1v) is 9.50. The minimum Gasteiger partial charge on any atom is -0.294 e. The van der Waals surface area contributed by atoms with Gasteiger partial charge in [-0.1, -0.05) is 47.0 Å². The minimum atomic E-state index is 0.881. The van der Waals surface area contributed by atoms with Crippen molar-refractivity contribution >= 4 is 0 Å². The Morgan fingerprint density at radius 2 is 1.20 bits per heavy atom. The van der Waals surface area contributed by atoms with Gasteiger partial charge in [0, 0.05) is 18.1 Å². The first-order chi connectivity index (χ1) is 9.73. The van der Waals surface area contributed by atoms with Crippen LogP contribution >= 0.6 is 0 Å². The predicted molar refractivity (Wildman–Crippen MR) is 89.0 cm³/mol. The lowest BCUT2D eigenvalue weighted by Gasteiger charge is -2.50. The molecular weight excluding hydrogens is 242 g/mol. The van der Waals surface area contributed by atoms with Crippen molar-refractivity contribution in [2.24, 2.45) is 11.8 Å². The monoisotopic (exact) mass is 279 g/mol. The number of hydrogen-bond acceptors (Lipinski definition) is 1. The van der Waals surface area contributed by atoms with Gasteiger partial charge in [0.1, 0.15) is 0 Å². The molecule has 0 bridgehead atoms. The molecule has 2 fully saturated rings. The average Bonchev–Trinajstić information content (AvgIpc) is 2.53. The molecular formula is C19H37N. The van der Waals surface area contributed by atoms with E-state index in [2.05, 4.69) is 32.6 Å². The lowest BCUT2D eigenvalue weighted by molar-refractivity contribution is -0.00487. The second-order valence-corrected chi connectivity index (χ2v) is 7.41. The van der Waals surface area contributed by atoms with E-state index in [0.29, 0.717) is 0 Å². The van der Waals surface area contributed by atoms with Crippen molar-refractivity contribution in [3.05, 3.63) is 0 Å². The van der Waals surface area contributed by atoms with Crippen molar-refractivity contribution in [2.75, 3.05) is 0 Å². The van der Waals surface area contributed by atoms with E-state index in [0.717, 1.165) is 30.0 Å². The Labute approximate surface area is 127 Å². The van der Waals surface area contributed by atoms with Crippen molar-refractivity contribution < 1.29 is 0 Å². The van der Waals surface area contributed by atoms with E-state index < -0.39 is 0 Å². The molecule has 0 aromatic carbocycles. The Morgan fingerprint density at radius 3 is 1.60 bits per heavy atom. The molecule has 2 aliphatic rings. The van der Waals surface area contributed by atoms with Crippen LogP contribution in [0, 0.1) is 11.8 Å². The zero-order chi connectivity index (χ0) is 14.5. The Balaban J connectivity index is 2.11. The van der Waals surface area contributed by atoms with E-state index in [1.54, 1.807) is 0 Å². The van der Waals surface area contributed by atoms with Gasteiger partial charge in [0.05, 0.1) is 0 Å². The van der Waals surface area contributed by atoms with Crippen molar-refractivity contribution in [3.8, 4) is 0 Å². The largest absolute Gasteiger partial charge is 0.294 e. The third kappa shape index (κ3) is 3.59. The molecule has 0 spiro atoms. The molecule has 0 amide bonds. The number of piperidine rings is 1. The van der Waals surface area contributed by atoms with E-state index in [1.165, 1.54) is 64.2 Å². The van der Waals surface area contributed by atoms with Gasteiger partial charge in [-0.3, -0.25) is 4.90 Å². The maximum absolute atomic E-state index is 3.01. The van der Waals surface area contributed by atoms with Gasteiger partial charge in [-0.15, -0.1) is 0 Å². The van der Waals surface area contributed by atoms with E-state index >= 15 is 0 Å². The van der Waals surface area contributed by atoms with Crippen LogP contribution in [-0.4, -0.2) is 23.0 Å². The predicted octanol–water partition coefficient (Wildman–Crippen LogP) is 5.63. The maximum Gasteiger partial charge on any atom is 0.0106 e. The molecule has 4 atom stereocenters. The molecule has 1 aliphatic heterocycles. The van der Waals surface area contributed by atoms with Gasteiger partial charge in [-0.2, -0.15) is 0 Å². The molecule has 1 saturated carbocycles. The molecule has 1 nitrogen and oxygen atoms in total. The summed E-state index contributed by atoms with van der Waals surface area (Å²) in [6.07, 6.45) is 14.4. The second kappa shape index (κ2) is 7.82. The molecule has 0 aromatic heterocycles. The lowest BCUT2D eigenvalue weighted by Crippen LogP contribution is -2.53. The molecule has 0 N–H and O–H groups in total. The Hall–Kier alpha value is -0.0400. The van der Waals surface area contributed by atoms with Crippen molar-refractivity contribution in [1.29, 1.82) is 0 Å². The van der Waals surface area contributed by atoms with Gasteiger partial charge in [0.2, 0.25) is 0 Å². The Morgan fingerprint density at radius 1 is 0.700 bits per heavy atom. The number of rotatable bonds is 5. The van der Waals surface area contributed by atoms with E-state index in [1.807, 2.05) is 0 Å². The van der Waals surface area contributed by atoms with E-state index in [4.69, 9.17) is 0 Å². The summed E-state index contributed by atoms with van der Waals surface area (Å²) in [5, 5.41) is 0. The normalized spacial score (nSPS) is 39.9. The molecule has 20 heavy (non-hydrogen) atoms. The summed E-state index contributed by atoms with van der Waals surface area (Å²) in [6, 6.07) is 2.66. The second-order valence-electron chi connectivity index (χ2n) is 7.41. The fourth-order valence-corrected chi connectivity index (χ4v) is 5.05. The average molecular weight is 280 g/mol. The third-order valence-electron chi connectivity index (χ3n) is 6.31. The summed E-state index contributed by atoms with van der Waals surface area (Å²) in [7, 11) is 0. The third-order valence-corrected chi connectivity index (χ3v) is 6.31. The summed E-state index contributed by atoms with van der Waals surface area (Å²) in [4.78, 5) is 3.01. The standard InChI is InChI=1S/C19H37N/c1-5-15-12-16(6-2)14-19(13-15)20-17(7-3)10-9-11-18(20)8-4/h15-19H,5-14H2,1-4H3. The smallest absolute Gasteiger partial charge is 0.0106 e. The van der Waals surface area contributed by atoms with Crippen LogP contribution in [0.4, 0.5) is 0 Å². The van der Waals surface area contributed by atoms with E-state index in [9.17, 15) is 0 Å². The lowest BCUT2D eigenvalue weighted by atomic mass is 9.74. The topological polar surface area (TPSA) is 3.24 Å². The molecule has 0 aromatic rings. The summed E-state index contributed by atoms with van der Waals surface area (Å²) in [5.41, 5.74) is 0. The van der Waals surface area contributed by atoms with Gasteiger partial charge < -0.3 is 0 Å². The highest BCUT2D eigenvalue weighted by molar-refractivity contribution is 4.92. The fourth-order valence-electron chi connectivity index (χ4n) is 5.05. The highest BCUT2D eigenvalue weighted by Gasteiger charge is 2.38. The summed E-state index contributed by atoms with van der Waals surface area (Å²) in [5.74, 6) is 1.99. The van der Waals surface area contributed by atoms with Gasteiger partial charge in [-0.05, 0) is 56.8 Å². The molecule has 118 valence electrons. The van der Waals surface area contributed by atoms with Crippen LogP contribution in [0.1, 0.15) is 91.9 Å². The van der Waals surface area contributed by atoms with Gasteiger partial charge >= 0.3 is 0 Å². The molecule has 1 aliphatic carbocycles. The van der Waals surface area contributed by atoms with Crippen LogP contribution in [0.5, 0.6) is 0 Å². The summed E-state index contributed by atoms with van der Waals surface area (Å²) < 4.78 is 0. The minimum absolute atomic E-state index is 0.881. The molecule has 1 heteroatoms. The number of likely N-dealkylation sites (tertiary alicyclic amines) is 1. The van der Waals surface area contributed by atoms with Crippen molar-refractivity contribution in [2.45, 2.75) is 110 Å². The van der Waals surface area contributed by atoms with E-state index in [-0.39, 0.29) is 0 Å². The Kier molecular flexibility index (Phi) is 6.39. The van der Waals surface area contributed by atoms with Gasteiger partial charge in [0.15, 0.2) is 0 Å². The van der Waals surface area contributed by atoms with Crippen LogP contribution in [0.15, 0.2) is 0 Å². The van der Waals surface area contributed by atoms with Crippen LogP contribution in [0.3, 0.4) is 0 Å². The van der Waals surface area contributed by atoms with Crippen molar-refractivity contribution in [3.63, 3.8) is 0 Å². The van der Waals surface area contributed by atoms with Crippen LogP contribution in [0.25, 0.3) is 0 Å². The first-order valence-electron chi connectivity index (χ1n) is 9.50. The summed E-state index contributed by atoms with van der Waals surface area (Å²) >= 11 is 0. The van der Waals surface area contributed by atoms with Crippen LogP contribution in [0.2, 0.25) is 0 Å². The first kappa shape index (κ1) is 16.3. The maximum atomic E-state index is 3.01. The molecule has 1 saturated heterocycles. The highest BCUT2D eigenvalue weighted by Crippen LogP contribution is 2.40.